The first-order valence-electron chi connectivity index (χ1n) is 9.26. The number of ether oxygens (including phenoxy) is 1. The third-order valence-electron chi connectivity index (χ3n) is 4.23. The van der Waals surface area contributed by atoms with E-state index in [1.165, 1.54) is 12.8 Å². The molecular weight excluding hydrogens is 443 g/mol. The second kappa shape index (κ2) is 10.6. The van der Waals surface area contributed by atoms with Gasteiger partial charge in [0.1, 0.15) is 5.75 Å². The molecule has 2 saturated carbocycles. The van der Waals surface area contributed by atoms with Crippen molar-refractivity contribution in [3.05, 3.63) is 29.8 Å². The second-order valence-corrected chi connectivity index (χ2v) is 6.80. The Balaban J connectivity index is 0.00000243. The molecule has 3 rings (SSSR count). The van der Waals surface area contributed by atoms with Gasteiger partial charge in [-0.2, -0.15) is 0 Å². The number of benzene rings is 1. The first kappa shape index (κ1) is 20.8. The van der Waals surface area contributed by atoms with Gasteiger partial charge in [-0.15, -0.1) is 24.0 Å². The summed E-state index contributed by atoms with van der Waals surface area (Å²) in [6.07, 6.45) is 4.81. The molecule has 2 aliphatic rings. The lowest BCUT2D eigenvalue weighted by atomic mass is 10.2. The predicted octanol–water partition coefficient (Wildman–Crippen LogP) is 2.43. The van der Waals surface area contributed by atoms with Crippen molar-refractivity contribution in [2.75, 3.05) is 19.7 Å². The number of guanidine groups is 1. The van der Waals surface area contributed by atoms with Crippen LogP contribution in [0.3, 0.4) is 0 Å². The van der Waals surface area contributed by atoms with Crippen LogP contribution in [0.25, 0.3) is 0 Å². The van der Waals surface area contributed by atoms with Gasteiger partial charge in [0.2, 0.25) is 0 Å². The van der Waals surface area contributed by atoms with Gasteiger partial charge in [0.15, 0.2) is 12.6 Å². The van der Waals surface area contributed by atoms with Crippen molar-refractivity contribution < 1.29 is 9.53 Å². The van der Waals surface area contributed by atoms with Gasteiger partial charge in [0.05, 0.1) is 6.54 Å². The minimum absolute atomic E-state index is 0. The van der Waals surface area contributed by atoms with Gasteiger partial charge in [-0.1, -0.05) is 12.1 Å². The van der Waals surface area contributed by atoms with E-state index in [4.69, 9.17) is 4.74 Å². The Hall–Kier alpha value is -1.51. The number of amides is 1. The number of aliphatic imine (C=N–C) groups is 1. The third-order valence-corrected chi connectivity index (χ3v) is 4.23. The first-order valence-corrected chi connectivity index (χ1v) is 9.26. The molecule has 6 nitrogen and oxygen atoms in total. The maximum absolute atomic E-state index is 11.7. The molecule has 1 amide bonds. The number of hydrogen-bond donors (Lipinski definition) is 3. The number of carbonyl (C=O) groups is 1. The fourth-order valence-electron chi connectivity index (χ4n) is 2.45. The van der Waals surface area contributed by atoms with E-state index in [-0.39, 0.29) is 36.5 Å². The van der Waals surface area contributed by atoms with Crippen LogP contribution in [0.2, 0.25) is 0 Å². The van der Waals surface area contributed by atoms with E-state index in [0.717, 1.165) is 43.4 Å². The molecule has 3 N–H and O–H groups in total. The van der Waals surface area contributed by atoms with E-state index < -0.39 is 0 Å². The highest BCUT2D eigenvalue weighted by molar-refractivity contribution is 14.0. The molecular formula is C19H29IN4O2. The maximum Gasteiger partial charge on any atom is 0.258 e. The molecule has 0 spiro atoms. The molecule has 0 saturated heterocycles. The zero-order chi connectivity index (χ0) is 17.5. The van der Waals surface area contributed by atoms with Gasteiger partial charge in [0.25, 0.3) is 5.91 Å². The topological polar surface area (TPSA) is 74.8 Å². The van der Waals surface area contributed by atoms with E-state index in [0.29, 0.717) is 18.3 Å². The lowest BCUT2D eigenvalue weighted by Crippen LogP contribution is -2.38. The highest BCUT2D eigenvalue weighted by Crippen LogP contribution is 2.27. The van der Waals surface area contributed by atoms with Crippen LogP contribution >= 0.6 is 24.0 Å². The maximum atomic E-state index is 11.7. The minimum atomic E-state index is -0.0513. The number of carbonyl (C=O) groups excluding carboxylic acids is 1. The molecule has 0 aromatic heterocycles. The van der Waals surface area contributed by atoms with Crippen LogP contribution in [0.4, 0.5) is 0 Å². The lowest BCUT2D eigenvalue weighted by Gasteiger charge is -2.11. The Kier molecular flexibility index (Phi) is 8.47. The molecule has 26 heavy (non-hydrogen) atoms. The van der Waals surface area contributed by atoms with Crippen molar-refractivity contribution in [3.63, 3.8) is 0 Å². The smallest absolute Gasteiger partial charge is 0.258 e. The van der Waals surface area contributed by atoms with Crippen LogP contribution < -0.4 is 20.7 Å². The summed E-state index contributed by atoms with van der Waals surface area (Å²) in [4.78, 5) is 16.3. The van der Waals surface area contributed by atoms with Crippen molar-refractivity contribution in [1.29, 1.82) is 0 Å². The molecule has 0 unspecified atom stereocenters. The van der Waals surface area contributed by atoms with Crippen LogP contribution in [-0.4, -0.2) is 37.6 Å². The Bertz CT molecular complexity index is 615. The second-order valence-electron chi connectivity index (χ2n) is 6.80. The summed E-state index contributed by atoms with van der Waals surface area (Å²) >= 11 is 0. The molecule has 0 heterocycles. The van der Waals surface area contributed by atoms with Gasteiger partial charge in [-0.25, -0.2) is 4.99 Å². The first-order chi connectivity index (χ1) is 12.2. The number of nitrogens with one attached hydrogen (secondary N) is 3. The molecule has 1 aromatic carbocycles. The van der Waals surface area contributed by atoms with Gasteiger partial charge in [0, 0.05) is 19.1 Å². The summed E-state index contributed by atoms with van der Waals surface area (Å²) in [6, 6.07) is 8.13. The van der Waals surface area contributed by atoms with Crippen LogP contribution in [0.5, 0.6) is 5.75 Å². The number of halogens is 1. The van der Waals surface area contributed by atoms with E-state index >= 15 is 0 Å². The van der Waals surface area contributed by atoms with Crippen LogP contribution in [-0.2, 0) is 11.3 Å². The molecule has 0 atom stereocenters. The van der Waals surface area contributed by atoms with Crippen molar-refractivity contribution >= 4 is 35.8 Å². The largest absolute Gasteiger partial charge is 0.484 e. The van der Waals surface area contributed by atoms with Crippen molar-refractivity contribution in [3.8, 4) is 5.75 Å². The summed E-state index contributed by atoms with van der Waals surface area (Å²) in [7, 11) is 0. The summed E-state index contributed by atoms with van der Waals surface area (Å²) in [6.45, 7) is 4.54. The molecule has 2 aliphatic carbocycles. The summed E-state index contributed by atoms with van der Waals surface area (Å²) < 4.78 is 5.59. The lowest BCUT2D eigenvalue weighted by molar-refractivity contribution is -0.123. The van der Waals surface area contributed by atoms with E-state index in [1.54, 1.807) is 0 Å². The molecule has 0 bridgehead atoms. The van der Waals surface area contributed by atoms with Crippen molar-refractivity contribution in [2.45, 2.75) is 45.2 Å². The molecule has 1 aromatic rings. The normalized spacial score (nSPS) is 16.4. The summed E-state index contributed by atoms with van der Waals surface area (Å²) in [5, 5.41) is 9.57. The minimum Gasteiger partial charge on any atom is -0.484 e. The van der Waals surface area contributed by atoms with Crippen LogP contribution in [0.1, 0.15) is 38.2 Å². The van der Waals surface area contributed by atoms with Gasteiger partial charge in [-0.05, 0) is 56.2 Å². The molecule has 144 valence electrons. The average molecular weight is 472 g/mol. The number of hydrogen-bond acceptors (Lipinski definition) is 3. The third kappa shape index (κ3) is 7.80. The highest BCUT2D eigenvalue weighted by atomic mass is 127. The predicted molar refractivity (Wildman–Crippen MR) is 114 cm³/mol. The summed E-state index contributed by atoms with van der Waals surface area (Å²) in [5.74, 6) is 2.31. The Morgan fingerprint density at radius 1 is 1.23 bits per heavy atom. The number of nitrogens with zero attached hydrogens (tertiary/aromatic N) is 1. The fourth-order valence-corrected chi connectivity index (χ4v) is 2.45. The molecule has 0 aliphatic heterocycles. The fraction of sp³-hybridized carbons (Fsp3) is 0.579. The molecule has 2 fully saturated rings. The Labute approximate surface area is 172 Å². The van der Waals surface area contributed by atoms with Gasteiger partial charge in [-0.3, -0.25) is 4.79 Å². The van der Waals surface area contributed by atoms with Crippen molar-refractivity contribution in [1.82, 2.24) is 16.0 Å². The van der Waals surface area contributed by atoms with Crippen LogP contribution in [0, 0.1) is 5.92 Å². The van der Waals surface area contributed by atoms with Gasteiger partial charge >= 0.3 is 0 Å². The molecule has 0 radical (unpaired) electrons. The van der Waals surface area contributed by atoms with E-state index in [1.807, 2.05) is 24.3 Å². The van der Waals surface area contributed by atoms with Crippen molar-refractivity contribution in [2.24, 2.45) is 10.9 Å². The average Bonchev–Trinajstić information content (AvgIpc) is 3.51. The van der Waals surface area contributed by atoms with Gasteiger partial charge < -0.3 is 20.7 Å². The monoisotopic (exact) mass is 472 g/mol. The zero-order valence-electron chi connectivity index (χ0n) is 15.3. The Morgan fingerprint density at radius 2 is 2.04 bits per heavy atom. The summed E-state index contributed by atoms with van der Waals surface area (Å²) in [5.41, 5.74) is 1.06. The zero-order valence-corrected chi connectivity index (χ0v) is 17.6. The number of rotatable bonds is 9. The van der Waals surface area contributed by atoms with E-state index in [9.17, 15) is 4.79 Å². The molecule has 7 heteroatoms. The quantitative estimate of drug-likeness (QED) is 0.293. The SMILES string of the molecule is CCNC(=NCc1cccc(OCC(=O)NC2CC2)c1)NCC1CC1.I. The van der Waals surface area contributed by atoms with E-state index in [2.05, 4.69) is 27.9 Å². The standard InChI is InChI=1S/C19H28N4O2.HI/c1-2-20-19(21-11-14-6-7-14)22-12-15-4-3-5-17(10-15)25-13-18(24)23-16-8-9-16;/h3-5,10,14,16H,2,6-9,11-13H2,1H3,(H,23,24)(H2,20,21,22);1H. The Morgan fingerprint density at radius 3 is 2.73 bits per heavy atom. The van der Waals surface area contributed by atoms with Crippen LogP contribution in [0.15, 0.2) is 29.3 Å². The highest BCUT2D eigenvalue weighted by Gasteiger charge is 2.23.